The number of carbonyl (C=O) groups is 1. The molecule has 114 valence electrons. The number of carbonyl (C=O) groups excluding carboxylic acids is 1. The van der Waals surface area contributed by atoms with E-state index in [2.05, 4.69) is 36.1 Å². The molecular formula is C14H23Cl2N3O. The van der Waals surface area contributed by atoms with Crippen molar-refractivity contribution in [2.24, 2.45) is 5.73 Å². The second kappa shape index (κ2) is 8.35. The fourth-order valence-electron chi connectivity index (χ4n) is 2.37. The van der Waals surface area contributed by atoms with Gasteiger partial charge in [0.2, 0.25) is 5.91 Å². The summed E-state index contributed by atoms with van der Waals surface area (Å²) in [5.74, 6) is 0.0550. The second-order valence-corrected chi connectivity index (χ2v) is 4.89. The van der Waals surface area contributed by atoms with Crippen LogP contribution in [0.15, 0.2) is 24.3 Å². The summed E-state index contributed by atoms with van der Waals surface area (Å²) >= 11 is 0. The van der Waals surface area contributed by atoms with E-state index in [0.29, 0.717) is 0 Å². The van der Waals surface area contributed by atoms with Gasteiger partial charge in [0.15, 0.2) is 0 Å². The van der Waals surface area contributed by atoms with Crippen LogP contribution in [0.25, 0.3) is 0 Å². The van der Waals surface area contributed by atoms with Gasteiger partial charge in [-0.05, 0) is 25.5 Å². The van der Waals surface area contributed by atoms with Gasteiger partial charge in [-0.15, -0.1) is 24.8 Å². The van der Waals surface area contributed by atoms with Crippen LogP contribution in [0.3, 0.4) is 0 Å². The summed E-state index contributed by atoms with van der Waals surface area (Å²) in [6, 6.07) is 7.97. The van der Waals surface area contributed by atoms with Crippen molar-refractivity contribution in [2.75, 3.05) is 31.1 Å². The molecule has 0 bridgehead atoms. The van der Waals surface area contributed by atoms with Crippen LogP contribution in [-0.2, 0) is 4.79 Å². The number of nitrogens with zero attached hydrogens (tertiary/aromatic N) is 2. The first-order valence-electron chi connectivity index (χ1n) is 6.44. The summed E-state index contributed by atoms with van der Waals surface area (Å²) < 4.78 is 0. The van der Waals surface area contributed by atoms with Gasteiger partial charge in [-0.25, -0.2) is 0 Å². The maximum atomic E-state index is 11.8. The molecule has 1 aliphatic rings. The van der Waals surface area contributed by atoms with Gasteiger partial charge >= 0.3 is 0 Å². The molecule has 1 atom stereocenters. The summed E-state index contributed by atoms with van der Waals surface area (Å²) in [6.45, 7) is 7.14. The van der Waals surface area contributed by atoms with Crippen LogP contribution in [0.2, 0.25) is 0 Å². The molecule has 1 saturated heterocycles. The number of para-hydroxylation sites is 1. The summed E-state index contributed by atoms with van der Waals surface area (Å²) in [6.07, 6.45) is 0. The molecule has 1 fully saturated rings. The molecule has 0 aliphatic carbocycles. The van der Waals surface area contributed by atoms with Crippen molar-refractivity contribution in [2.45, 2.75) is 19.9 Å². The molecule has 0 saturated carbocycles. The van der Waals surface area contributed by atoms with Crippen LogP contribution < -0.4 is 10.6 Å². The maximum Gasteiger partial charge on any atom is 0.239 e. The maximum absolute atomic E-state index is 11.8. The lowest BCUT2D eigenvalue weighted by atomic mass is 10.1. The number of piperazine rings is 1. The zero-order valence-corrected chi connectivity index (χ0v) is 13.5. The van der Waals surface area contributed by atoms with Crippen molar-refractivity contribution in [3.8, 4) is 0 Å². The summed E-state index contributed by atoms with van der Waals surface area (Å²) in [5.41, 5.74) is 8.18. The van der Waals surface area contributed by atoms with E-state index in [4.69, 9.17) is 5.73 Å². The standard InChI is InChI=1S/C14H21N3O.2ClH/c1-11-5-3-4-6-13(11)16-7-9-17(10-8-16)14(18)12(2)15;;/h3-6,12H,7-10,15H2,1-2H3;2*1H. The Morgan fingerprint density at radius 1 is 1.15 bits per heavy atom. The van der Waals surface area contributed by atoms with Crippen LogP contribution in [-0.4, -0.2) is 43.0 Å². The molecule has 0 spiro atoms. The van der Waals surface area contributed by atoms with E-state index in [-0.39, 0.29) is 30.7 Å². The summed E-state index contributed by atoms with van der Waals surface area (Å²) in [4.78, 5) is 16.0. The topological polar surface area (TPSA) is 49.6 Å². The highest BCUT2D eigenvalue weighted by atomic mass is 35.5. The largest absolute Gasteiger partial charge is 0.368 e. The van der Waals surface area contributed by atoms with Gasteiger partial charge in [0.05, 0.1) is 6.04 Å². The predicted molar refractivity (Wildman–Crippen MR) is 88.1 cm³/mol. The van der Waals surface area contributed by atoms with Crippen molar-refractivity contribution < 1.29 is 4.79 Å². The van der Waals surface area contributed by atoms with E-state index >= 15 is 0 Å². The molecule has 1 aliphatic heterocycles. The van der Waals surface area contributed by atoms with Gasteiger partial charge in [-0.1, -0.05) is 18.2 Å². The summed E-state index contributed by atoms with van der Waals surface area (Å²) in [5, 5.41) is 0. The average Bonchev–Trinajstić information content (AvgIpc) is 2.38. The molecule has 1 aromatic carbocycles. The number of halogens is 2. The minimum Gasteiger partial charge on any atom is -0.368 e. The van der Waals surface area contributed by atoms with Gasteiger partial charge in [0, 0.05) is 31.9 Å². The Morgan fingerprint density at radius 3 is 2.20 bits per heavy atom. The van der Waals surface area contributed by atoms with E-state index in [1.54, 1.807) is 6.92 Å². The monoisotopic (exact) mass is 319 g/mol. The van der Waals surface area contributed by atoms with Crippen LogP contribution in [0.4, 0.5) is 5.69 Å². The van der Waals surface area contributed by atoms with E-state index < -0.39 is 6.04 Å². The minimum absolute atomic E-state index is 0. The number of aryl methyl sites for hydroxylation is 1. The van der Waals surface area contributed by atoms with E-state index in [1.807, 2.05) is 4.90 Å². The lowest BCUT2D eigenvalue weighted by molar-refractivity contribution is -0.132. The smallest absolute Gasteiger partial charge is 0.239 e. The fraction of sp³-hybridized carbons (Fsp3) is 0.500. The second-order valence-electron chi connectivity index (χ2n) is 4.89. The van der Waals surface area contributed by atoms with Crippen molar-refractivity contribution in [3.05, 3.63) is 29.8 Å². The minimum atomic E-state index is -0.394. The number of anilines is 1. The first-order chi connectivity index (χ1) is 8.59. The normalized spacial score (nSPS) is 15.9. The lowest BCUT2D eigenvalue weighted by Gasteiger charge is -2.37. The molecular weight excluding hydrogens is 297 g/mol. The average molecular weight is 320 g/mol. The number of nitrogens with two attached hydrogens (primary N) is 1. The van der Waals surface area contributed by atoms with Crippen molar-refractivity contribution in [3.63, 3.8) is 0 Å². The number of hydrogen-bond donors (Lipinski definition) is 1. The Morgan fingerprint density at radius 2 is 1.70 bits per heavy atom. The van der Waals surface area contributed by atoms with Gasteiger partial charge in [-0.2, -0.15) is 0 Å². The highest BCUT2D eigenvalue weighted by molar-refractivity contribution is 5.85. The molecule has 0 radical (unpaired) electrons. The van der Waals surface area contributed by atoms with Crippen LogP contribution in [0, 0.1) is 6.92 Å². The Labute approximate surface area is 133 Å². The molecule has 4 nitrogen and oxygen atoms in total. The van der Waals surface area contributed by atoms with E-state index in [1.165, 1.54) is 11.3 Å². The Bertz CT molecular complexity index is 432. The molecule has 1 aromatic rings. The SMILES string of the molecule is Cc1ccccc1N1CCN(C(=O)C(C)N)CC1.Cl.Cl. The van der Waals surface area contributed by atoms with Gasteiger partial charge in [-0.3, -0.25) is 4.79 Å². The predicted octanol–water partition coefficient (Wildman–Crippen LogP) is 1.83. The van der Waals surface area contributed by atoms with Crippen LogP contribution >= 0.6 is 24.8 Å². The third-order valence-corrected chi connectivity index (χ3v) is 3.44. The number of amides is 1. The molecule has 1 unspecified atom stereocenters. The lowest BCUT2D eigenvalue weighted by Crippen LogP contribution is -2.52. The highest BCUT2D eigenvalue weighted by Crippen LogP contribution is 2.20. The fourth-order valence-corrected chi connectivity index (χ4v) is 2.37. The molecule has 6 heteroatoms. The Balaban J connectivity index is 0.00000180. The third kappa shape index (κ3) is 4.27. The van der Waals surface area contributed by atoms with Crippen LogP contribution in [0.5, 0.6) is 0 Å². The molecule has 20 heavy (non-hydrogen) atoms. The molecule has 0 aromatic heterocycles. The number of hydrogen-bond acceptors (Lipinski definition) is 3. The zero-order valence-electron chi connectivity index (χ0n) is 11.9. The molecule has 1 heterocycles. The number of benzene rings is 1. The summed E-state index contributed by atoms with van der Waals surface area (Å²) in [7, 11) is 0. The van der Waals surface area contributed by atoms with Crippen molar-refractivity contribution in [1.82, 2.24) is 4.90 Å². The van der Waals surface area contributed by atoms with Gasteiger partial charge in [0.1, 0.15) is 0 Å². The number of rotatable bonds is 2. The van der Waals surface area contributed by atoms with Crippen LogP contribution in [0.1, 0.15) is 12.5 Å². The van der Waals surface area contributed by atoms with Gasteiger partial charge < -0.3 is 15.5 Å². The third-order valence-electron chi connectivity index (χ3n) is 3.44. The molecule has 1 amide bonds. The first kappa shape index (κ1) is 19.0. The van der Waals surface area contributed by atoms with E-state index in [9.17, 15) is 4.79 Å². The molecule has 2 N–H and O–H groups in total. The first-order valence-corrected chi connectivity index (χ1v) is 6.44. The Hall–Kier alpha value is -0.970. The van der Waals surface area contributed by atoms with E-state index in [0.717, 1.165) is 26.2 Å². The highest BCUT2D eigenvalue weighted by Gasteiger charge is 2.23. The van der Waals surface area contributed by atoms with Gasteiger partial charge in [0.25, 0.3) is 0 Å². The molecule has 2 rings (SSSR count). The Kier molecular flexibility index (Phi) is 7.94. The van der Waals surface area contributed by atoms with Crippen molar-refractivity contribution >= 4 is 36.4 Å². The zero-order chi connectivity index (χ0) is 13.1. The van der Waals surface area contributed by atoms with Crippen molar-refractivity contribution in [1.29, 1.82) is 0 Å². The quantitative estimate of drug-likeness (QED) is 0.904.